The highest BCUT2D eigenvalue weighted by molar-refractivity contribution is 5.48. The maximum Gasteiger partial charge on any atom is 0.254 e. The van der Waals surface area contributed by atoms with Gasteiger partial charge in [0.05, 0.1) is 0 Å². The van der Waals surface area contributed by atoms with E-state index in [0.29, 0.717) is 11.8 Å². The van der Waals surface area contributed by atoms with E-state index in [1.165, 1.54) is 28.0 Å². The van der Waals surface area contributed by atoms with Crippen LogP contribution in [0.4, 0.5) is 0 Å². The van der Waals surface area contributed by atoms with E-state index in [0.717, 1.165) is 0 Å². The van der Waals surface area contributed by atoms with Gasteiger partial charge in [-0.2, -0.15) is 4.40 Å². The second kappa shape index (κ2) is 5.60. The molecule has 0 saturated heterocycles. The average Bonchev–Trinajstić information content (AvgIpc) is 2.91. The van der Waals surface area contributed by atoms with Gasteiger partial charge in [0.15, 0.2) is 5.52 Å². The number of benzene rings is 1. The summed E-state index contributed by atoms with van der Waals surface area (Å²) in [6.07, 6.45) is 4.44. The van der Waals surface area contributed by atoms with Gasteiger partial charge in [0.1, 0.15) is 17.6 Å². The maximum atomic E-state index is 2.30. The highest BCUT2D eigenvalue weighted by atomic mass is 15.1. The third-order valence-electron chi connectivity index (χ3n) is 4.37. The van der Waals surface area contributed by atoms with Gasteiger partial charge in [0.2, 0.25) is 0 Å². The zero-order valence-electron chi connectivity index (χ0n) is 14.2. The van der Waals surface area contributed by atoms with Crippen LogP contribution < -0.4 is 4.57 Å². The monoisotopic (exact) mass is 293 g/mol. The highest BCUT2D eigenvalue weighted by Crippen LogP contribution is 2.28. The van der Waals surface area contributed by atoms with Gasteiger partial charge in [-0.25, -0.2) is 4.57 Å². The molecule has 0 amide bonds. The standard InChI is InChI=1S/C20H25N2/c1-14(2)18-10-7-11-19(15(3)4)20(18)21-12-17-9-6-8-16(5)22(17)13-21/h6-15H,1-5H3/q+1. The van der Waals surface area contributed by atoms with E-state index >= 15 is 0 Å². The van der Waals surface area contributed by atoms with Crippen LogP contribution in [-0.2, 0) is 0 Å². The van der Waals surface area contributed by atoms with Gasteiger partial charge < -0.3 is 0 Å². The minimum atomic E-state index is 0.505. The number of fused-ring (bicyclic) bond motifs is 1. The maximum absolute atomic E-state index is 2.30. The van der Waals surface area contributed by atoms with E-state index in [-0.39, 0.29) is 0 Å². The van der Waals surface area contributed by atoms with Crippen LogP contribution in [0.3, 0.4) is 0 Å². The van der Waals surface area contributed by atoms with Crippen LogP contribution in [0.2, 0.25) is 0 Å². The first-order valence-electron chi connectivity index (χ1n) is 8.11. The summed E-state index contributed by atoms with van der Waals surface area (Å²) in [6, 6.07) is 13.1. The molecule has 0 aliphatic rings. The first-order chi connectivity index (χ1) is 10.5. The molecule has 0 radical (unpaired) electrons. The van der Waals surface area contributed by atoms with E-state index < -0.39 is 0 Å². The lowest BCUT2D eigenvalue weighted by Crippen LogP contribution is -2.31. The van der Waals surface area contributed by atoms with Crippen molar-refractivity contribution in [2.75, 3.05) is 0 Å². The van der Waals surface area contributed by atoms with Crippen LogP contribution in [0, 0.1) is 6.92 Å². The molecule has 22 heavy (non-hydrogen) atoms. The third kappa shape index (κ3) is 2.43. The Labute approximate surface area is 133 Å². The Balaban J connectivity index is 2.31. The molecule has 0 unspecified atom stereocenters. The van der Waals surface area contributed by atoms with Crippen LogP contribution >= 0.6 is 0 Å². The molecule has 0 atom stereocenters. The van der Waals surface area contributed by atoms with Gasteiger partial charge >= 0.3 is 0 Å². The Morgan fingerprint density at radius 3 is 2.00 bits per heavy atom. The number of hydrogen-bond donors (Lipinski definition) is 0. The quantitative estimate of drug-likeness (QED) is 0.615. The van der Waals surface area contributed by atoms with Crippen molar-refractivity contribution in [2.45, 2.75) is 46.5 Å². The van der Waals surface area contributed by atoms with Crippen molar-refractivity contribution in [3.63, 3.8) is 0 Å². The number of para-hydroxylation sites is 1. The second-order valence-electron chi connectivity index (χ2n) is 6.71. The summed E-state index contributed by atoms with van der Waals surface area (Å²) >= 11 is 0. The fourth-order valence-electron chi connectivity index (χ4n) is 3.15. The molecule has 0 N–H and O–H groups in total. The summed E-state index contributed by atoms with van der Waals surface area (Å²) in [6.45, 7) is 11.2. The number of hydrogen-bond acceptors (Lipinski definition) is 0. The summed E-state index contributed by atoms with van der Waals surface area (Å²) in [5, 5.41) is 0. The Hall–Kier alpha value is -2.09. The Morgan fingerprint density at radius 1 is 0.864 bits per heavy atom. The van der Waals surface area contributed by atoms with E-state index in [9.17, 15) is 0 Å². The fraction of sp³-hybridized carbons (Fsp3) is 0.350. The van der Waals surface area contributed by atoms with Crippen molar-refractivity contribution in [2.24, 2.45) is 0 Å². The smallest absolute Gasteiger partial charge is 0.201 e. The largest absolute Gasteiger partial charge is 0.254 e. The van der Waals surface area contributed by atoms with Crippen LogP contribution in [0.5, 0.6) is 0 Å². The molecular formula is C20H25N2+. The lowest BCUT2D eigenvalue weighted by Gasteiger charge is -2.16. The highest BCUT2D eigenvalue weighted by Gasteiger charge is 2.20. The molecule has 2 aromatic heterocycles. The first-order valence-corrected chi connectivity index (χ1v) is 8.11. The first kappa shape index (κ1) is 14.8. The van der Waals surface area contributed by atoms with Crippen LogP contribution in [-0.4, -0.2) is 4.40 Å². The summed E-state index contributed by atoms with van der Waals surface area (Å²) in [5.74, 6) is 1.01. The normalized spacial score (nSPS) is 11.8. The number of imidazole rings is 1. The third-order valence-corrected chi connectivity index (χ3v) is 4.37. The van der Waals surface area contributed by atoms with Gasteiger partial charge in [-0.05, 0) is 30.9 Å². The molecule has 0 bridgehead atoms. The van der Waals surface area contributed by atoms with Gasteiger partial charge in [-0.1, -0.05) is 52.0 Å². The summed E-state index contributed by atoms with van der Waals surface area (Å²) in [7, 11) is 0. The zero-order chi connectivity index (χ0) is 15.9. The molecule has 0 fully saturated rings. The fourth-order valence-corrected chi connectivity index (χ4v) is 3.15. The molecule has 114 valence electrons. The molecule has 0 saturated carbocycles. The minimum Gasteiger partial charge on any atom is -0.201 e. The molecule has 0 spiro atoms. The van der Waals surface area contributed by atoms with Gasteiger partial charge in [0, 0.05) is 11.1 Å². The van der Waals surface area contributed by atoms with Crippen molar-refractivity contribution >= 4 is 5.52 Å². The van der Waals surface area contributed by atoms with Gasteiger partial charge in [-0.3, -0.25) is 0 Å². The number of rotatable bonds is 3. The zero-order valence-corrected chi connectivity index (χ0v) is 14.2. The number of nitrogens with zero attached hydrogens (tertiary/aromatic N) is 2. The lowest BCUT2D eigenvalue weighted by atomic mass is 9.92. The Bertz CT molecular complexity index is 783. The molecule has 3 aromatic rings. The molecule has 2 heteroatoms. The van der Waals surface area contributed by atoms with Crippen molar-refractivity contribution < 1.29 is 4.57 Å². The predicted octanol–water partition coefficient (Wildman–Crippen LogP) is 4.77. The molecule has 2 nitrogen and oxygen atoms in total. The SMILES string of the molecule is Cc1cccc2c[n+](-c3c(C(C)C)cccc3C(C)C)cn12. The summed E-state index contributed by atoms with van der Waals surface area (Å²) < 4.78 is 4.55. The molecule has 0 aliphatic heterocycles. The summed E-state index contributed by atoms with van der Waals surface area (Å²) in [4.78, 5) is 0. The van der Waals surface area contributed by atoms with Gasteiger partial charge in [-0.15, -0.1) is 0 Å². The van der Waals surface area contributed by atoms with E-state index in [1.807, 2.05) is 0 Å². The van der Waals surface area contributed by atoms with Crippen molar-refractivity contribution in [1.29, 1.82) is 0 Å². The topological polar surface area (TPSA) is 8.29 Å². The van der Waals surface area contributed by atoms with Crippen molar-refractivity contribution in [3.05, 3.63) is 65.7 Å². The number of aryl methyl sites for hydroxylation is 1. The molecular weight excluding hydrogens is 268 g/mol. The van der Waals surface area contributed by atoms with E-state index in [2.05, 4.69) is 92.5 Å². The van der Waals surface area contributed by atoms with Crippen LogP contribution in [0.25, 0.3) is 11.2 Å². The Kier molecular flexibility index (Phi) is 3.78. The van der Waals surface area contributed by atoms with Gasteiger partial charge in [0.25, 0.3) is 6.33 Å². The summed E-state index contributed by atoms with van der Waals surface area (Å²) in [5.41, 5.74) is 6.64. The molecule has 0 aliphatic carbocycles. The molecule has 1 aromatic carbocycles. The van der Waals surface area contributed by atoms with Crippen molar-refractivity contribution in [1.82, 2.24) is 4.40 Å². The second-order valence-corrected chi connectivity index (χ2v) is 6.71. The molecule has 2 heterocycles. The van der Waals surface area contributed by atoms with Crippen molar-refractivity contribution in [3.8, 4) is 5.69 Å². The molecule has 3 rings (SSSR count). The minimum absolute atomic E-state index is 0.505. The van der Waals surface area contributed by atoms with Crippen LogP contribution in [0.1, 0.15) is 56.4 Å². The van der Waals surface area contributed by atoms with E-state index in [1.54, 1.807) is 0 Å². The number of pyridine rings is 1. The Morgan fingerprint density at radius 2 is 1.45 bits per heavy atom. The lowest BCUT2D eigenvalue weighted by molar-refractivity contribution is -0.595. The van der Waals surface area contributed by atoms with Crippen LogP contribution in [0.15, 0.2) is 48.9 Å². The predicted molar refractivity (Wildman–Crippen MR) is 91.8 cm³/mol. The number of aromatic nitrogens is 2. The van der Waals surface area contributed by atoms with E-state index in [4.69, 9.17) is 0 Å². The average molecular weight is 293 g/mol.